The lowest BCUT2D eigenvalue weighted by Crippen LogP contribution is -2.02. The van der Waals surface area contributed by atoms with Gasteiger partial charge in [-0.1, -0.05) is 37.6 Å². The molecule has 0 saturated heterocycles. The third-order valence-electron chi connectivity index (χ3n) is 3.93. The van der Waals surface area contributed by atoms with Gasteiger partial charge in [-0.05, 0) is 42.7 Å². The van der Waals surface area contributed by atoms with E-state index in [0.717, 1.165) is 19.3 Å². The molecule has 1 atom stereocenters. The van der Waals surface area contributed by atoms with Crippen molar-refractivity contribution in [1.29, 1.82) is 0 Å². The third kappa shape index (κ3) is 6.26. The van der Waals surface area contributed by atoms with Gasteiger partial charge in [-0.15, -0.1) is 13.2 Å². The monoisotopic (exact) mass is 422 g/mol. The molecule has 0 saturated carbocycles. The normalized spacial score (nSPS) is 12.6. The summed E-state index contributed by atoms with van der Waals surface area (Å²) in [5, 5.41) is 0.679. The number of alkyl halides is 3. The van der Waals surface area contributed by atoms with Crippen molar-refractivity contribution in [1.82, 2.24) is 0 Å². The number of fused-ring (bicyclic) bond motifs is 1. The molecular formula is C19H18BF7S. The molecule has 1 heterocycles. The summed E-state index contributed by atoms with van der Waals surface area (Å²) in [5.74, 6) is 0. The molecule has 0 aliphatic carbocycles. The third-order valence-corrected chi connectivity index (χ3v) is 6.00. The lowest BCUT2D eigenvalue weighted by atomic mass is 10.1. The fourth-order valence-corrected chi connectivity index (χ4v) is 4.70. The zero-order valence-corrected chi connectivity index (χ0v) is 15.8. The van der Waals surface area contributed by atoms with Crippen molar-refractivity contribution in [3.63, 3.8) is 0 Å². The maximum atomic E-state index is 13.6. The zero-order chi connectivity index (χ0) is 20.9. The molecule has 3 rings (SSSR count). The highest BCUT2D eigenvalue weighted by Gasteiger charge is 2.48. The highest BCUT2D eigenvalue weighted by Crippen LogP contribution is 2.54. The minimum atomic E-state index is -6.00. The Balaban J connectivity index is 0.000000500. The van der Waals surface area contributed by atoms with E-state index in [1.165, 1.54) is 5.56 Å². The van der Waals surface area contributed by atoms with Crippen LogP contribution in [0.2, 0.25) is 0 Å². The number of aryl methyl sites for hydroxylation is 1. The second-order valence-electron chi connectivity index (χ2n) is 6.09. The van der Waals surface area contributed by atoms with E-state index in [4.69, 9.17) is 0 Å². The van der Waals surface area contributed by atoms with Crippen molar-refractivity contribution in [2.24, 2.45) is 0 Å². The van der Waals surface area contributed by atoms with Gasteiger partial charge in [0.25, 0.3) is 0 Å². The summed E-state index contributed by atoms with van der Waals surface area (Å²) in [7, 11) is -7.86. The summed E-state index contributed by atoms with van der Waals surface area (Å²) in [6.07, 6.45) is 3.18. The zero-order valence-electron chi connectivity index (χ0n) is 14.9. The van der Waals surface area contributed by atoms with E-state index >= 15 is 0 Å². The Morgan fingerprint density at radius 3 is 2.00 bits per heavy atom. The second kappa shape index (κ2) is 8.98. The van der Waals surface area contributed by atoms with E-state index in [-0.39, 0.29) is 0 Å². The van der Waals surface area contributed by atoms with Gasteiger partial charge in [-0.3, -0.25) is 0 Å². The Morgan fingerprint density at radius 1 is 0.893 bits per heavy atom. The standard InChI is InChI=1S/C19H18F3S.BF4/c1-2-3-6-14-9-11-15(12-10-14)18-13-16-7-4-5-8-17(16)23(18)19(20,21)22;2-1(3,4)5/h4-5,7-13H,2-3,6H2,1H3;/q+1;-1. The second-order valence-corrected chi connectivity index (χ2v) is 8.05. The molecule has 9 heteroatoms. The number of benzene rings is 2. The first-order chi connectivity index (χ1) is 13.0. The molecular weight excluding hydrogens is 404 g/mol. The predicted octanol–water partition coefficient (Wildman–Crippen LogP) is 8.37. The van der Waals surface area contributed by atoms with Crippen LogP contribution in [0.15, 0.2) is 54.6 Å². The molecule has 0 amide bonds. The lowest BCUT2D eigenvalue weighted by Gasteiger charge is -2.03. The van der Waals surface area contributed by atoms with E-state index in [9.17, 15) is 30.4 Å². The van der Waals surface area contributed by atoms with Gasteiger partial charge in [0.1, 0.15) is 10.5 Å². The minimum absolute atomic E-state index is 0.376. The maximum Gasteiger partial charge on any atom is 0.673 e. The number of hydrogen-bond acceptors (Lipinski definition) is 0. The van der Waals surface area contributed by atoms with Crippen LogP contribution in [-0.2, 0) is 11.9 Å². The first kappa shape index (κ1) is 22.3. The lowest BCUT2D eigenvalue weighted by molar-refractivity contribution is -0.0864. The first-order valence-electron chi connectivity index (χ1n) is 8.59. The molecule has 1 aromatic heterocycles. The van der Waals surface area contributed by atoms with E-state index in [0.29, 0.717) is 20.5 Å². The maximum absolute atomic E-state index is 13.6. The van der Waals surface area contributed by atoms with Crippen LogP contribution in [0.25, 0.3) is 20.5 Å². The molecule has 3 aromatic rings. The first-order valence-corrected chi connectivity index (χ1v) is 9.81. The largest absolute Gasteiger partial charge is 0.673 e. The molecule has 28 heavy (non-hydrogen) atoms. The van der Waals surface area contributed by atoms with Crippen LogP contribution in [0.5, 0.6) is 0 Å². The van der Waals surface area contributed by atoms with Gasteiger partial charge in [-0.2, -0.15) is 0 Å². The van der Waals surface area contributed by atoms with Crippen molar-refractivity contribution in [3.05, 3.63) is 60.2 Å². The molecule has 0 bridgehead atoms. The fourth-order valence-electron chi connectivity index (χ4n) is 2.77. The average molecular weight is 422 g/mol. The highest BCUT2D eigenvalue weighted by molar-refractivity contribution is 7.41. The molecule has 0 spiro atoms. The van der Waals surface area contributed by atoms with Gasteiger partial charge >= 0.3 is 12.8 Å². The molecule has 0 fully saturated rings. The summed E-state index contributed by atoms with van der Waals surface area (Å²) in [6.45, 7) is 2.13. The van der Waals surface area contributed by atoms with Crippen LogP contribution >= 0.6 is 10.5 Å². The Hall–Kier alpha value is -2.03. The highest BCUT2D eigenvalue weighted by atomic mass is 32.2. The SMILES string of the molecule is CCCCc1ccc(-c2cc3ccccc3[s+]2C(F)(F)F)cc1.F[B-](F)(F)F. The van der Waals surface area contributed by atoms with Crippen LogP contribution in [0.3, 0.4) is 0 Å². The van der Waals surface area contributed by atoms with Gasteiger partial charge in [-0.25, -0.2) is 0 Å². The molecule has 0 nitrogen and oxygen atoms in total. The van der Waals surface area contributed by atoms with Crippen molar-refractivity contribution in [3.8, 4) is 10.4 Å². The smallest absolute Gasteiger partial charge is 0.418 e. The number of halogens is 7. The van der Waals surface area contributed by atoms with Crippen LogP contribution in [0.4, 0.5) is 30.4 Å². The van der Waals surface area contributed by atoms with Gasteiger partial charge in [0.15, 0.2) is 9.58 Å². The van der Waals surface area contributed by atoms with Crippen LogP contribution in [0, 0.1) is 0 Å². The van der Waals surface area contributed by atoms with Gasteiger partial charge in [0, 0.05) is 17.0 Å². The molecule has 152 valence electrons. The molecule has 0 aliphatic rings. The number of rotatable bonds is 4. The van der Waals surface area contributed by atoms with E-state index in [1.54, 1.807) is 30.3 Å². The Bertz CT molecular complexity index is 889. The fraction of sp³-hybridized carbons (Fsp3) is 0.263. The van der Waals surface area contributed by atoms with Crippen molar-refractivity contribution >= 4 is 27.8 Å². The van der Waals surface area contributed by atoms with E-state index in [1.807, 2.05) is 24.3 Å². The van der Waals surface area contributed by atoms with Crippen LogP contribution < -0.4 is 0 Å². The average Bonchev–Trinajstić information content (AvgIpc) is 2.98. The Morgan fingerprint density at radius 2 is 1.46 bits per heavy atom. The van der Waals surface area contributed by atoms with Crippen molar-refractivity contribution in [2.75, 3.05) is 0 Å². The van der Waals surface area contributed by atoms with Crippen molar-refractivity contribution in [2.45, 2.75) is 31.7 Å². The summed E-state index contributed by atoms with van der Waals surface area (Å²) in [6, 6.07) is 16.0. The Labute approximate surface area is 161 Å². The summed E-state index contributed by atoms with van der Waals surface area (Å²) in [5.41, 5.74) is -2.40. The Kier molecular flexibility index (Phi) is 7.14. The molecule has 0 radical (unpaired) electrons. The molecule has 2 aromatic carbocycles. The minimum Gasteiger partial charge on any atom is -0.418 e. The number of hydrogen-bond donors (Lipinski definition) is 0. The van der Waals surface area contributed by atoms with Crippen LogP contribution in [-0.4, -0.2) is 7.25 Å². The van der Waals surface area contributed by atoms with E-state index < -0.39 is 23.2 Å². The van der Waals surface area contributed by atoms with Gasteiger partial charge in [0.2, 0.25) is 0 Å². The predicted molar refractivity (Wildman–Crippen MR) is 102 cm³/mol. The quantitative estimate of drug-likeness (QED) is 0.225. The molecule has 0 N–H and O–H groups in total. The summed E-state index contributed by atoms with van der Waals surface area (Å²) in [4.78, 5) is 0.376. The molecule has 0 aliphatic heterocycles. The number of unbranched alkanes of at least 4 members (excludes halogenated alkanes) is 1. The topological polar surface area (TPSA) is 0 Å². The van der Waals surface area contributed by atoms with Crippen molar-refractivity contribution < 1.29 is 30.4 Å². The van der Waals surface area contributed by atoms with E-state index in [2.05, 4.69) is 6.92 Å². The summed E-state index contributed by atoms with van der Waals surface area (Å²) >= 11 is 0. The van der Waals surface area contributed by atoms with Crippen LogP contribution in [0.1, 0.15) is 25.3 Å². The molecule has 1 unspecified atom stereocenters. The van der Waals surface area contributed by atoms with Gasteiger partial charge < -0.3 is 17.3 Å². The summed E-state index contributed by atoms with van der Waals surface area (Å²) < 4.78 is 80.2. The number of thiophene rings is 1. The van der Waals surface area contributed by atoms with Gasteiger partial charge in [0.05, 0.1) is 0 Å².